The number of rotatable bonds is 4. The van der Waals surface area contributed by atoms with Crippen molar-refractivity contribution in [2.24, 2.45) is 0 Å². The van der Waals surface area contributed by atoms with Crippen LogP contribution in [0.5, 0.6) is 5.75 Å². The van der Waals surface area contributed by atoms with Crippen LogP contribution in [0.3, 0.4) is 0 Å². The maximum Gasteiger partial charge on any atom is 0.524 e. The third-order valence-electron chi connectivity index (χ3n) is 2.46. The highest BCUT2D eigenvalue weighted by atomic mass is 31.2. The van der Waals surface area contributed by atoms with Gasteiger partial charge in [0.15, 0.2) is 0 Å². The standard InChI is InChI=1S/C13H11O5P/c14-9-10-1-3-11(4-2-10)12-5-7-13(8-6-12)18-19(15,16)17/h1-9H,(H2,15,16,17). The molecule has 0 bridgehead atoms. The number of carbonyl (C=O) groups excluding carboxylic acids is 1. The van der Waals surface area contributed by atoms with E-state index in [1.807, 2.05) is 0 Å². The average Bonchev–Trinajstić information content (AvgIpc) is 2.38. The lowest BCUT2D eigenvalue weighted by atomic mass is 10.0. The summed E-state index contributed by atoms with van der Waals surface area (Å²) in [6.45, 7) is 0. The van der Waals surface area contributed by atoms with Gasteiger partial charge < -0.3 is 4.52 Å². The van der Waals surface area contributed by atoms with Crippen LogP contribution in [0.1, 0.15) is 10.4 Å². The predicted molar refractivity (Wildman–Crippen MR) is 69.9 cm³/mol. The second-order valence-corrected chi connectivity index (χ2v) is 5.01. The molecule has 19 heavy (non-hydrogen) atoms. The van der Waals surface area contributed by atoms with Gasteiger partial charge in [-0.05, 0) is 23.3 Å². The van der Waals surface area contributed by atoms with Gasteiger partial charge in [0.05, 0.1) is 0 Å². The molecule has 0 fully saturated rings. The highest BCUT2D eigenvalue weighted by Gasteiger charge is 2.15. The van der Waals surface area contributed by atoms with Crippen molar-refractivity contribution in [3.63, 3.8) is 0 Å². The summed E-state index contributed by atoms with van der Waals surface area (Å²) >= 11 is 0. The molecule has 0 saturated carbocycles. The van der Waals surface area contributed by atoms with Crippen molar-refractivity contribution in [1.29, 1.82) is 0 Å². The van der Waals surface area contributed by atoms with Crippen LogP contribution in [0, 0.1) is 0 Å². The van der Waals surface area contributed by atoms with Gasteiger partial charge in [0.1, 0.15) is 12.0 Å². The van der Waals surface area contributed by atoms with Crippen molar-refractivity contribution < 1.29 is 23.7 Å². The zero-order valence-electron chi connectivity index (χ0n) is 9.76. The molecule has 0 aliphatic rings. The summed E-state index contributed by atoms with van der Waals surface area (Å²) in [5, 5.41) is 0. The van der Waals surface area contributed by atoms with Gasteiger partial charge in [-0.1, -0.05) is 36.4 Å². The van der Waals surface area contributed by atoms with Gasteiger partial charge in [-0.25, -0.2) is 4.57 Å². The van der Waals surface area contributed by atoms with Gasteiger partial charge in [-0.2, -0.15) is 0 Å². The van der Waals surface area contributed by atoms with E-state index in [0.29, 0.717) is 5.56 Å². The van der Waals surface area contributed by atoms with Gasteiger partial charge in [-0.15, -0.1) is 0 Å². The Kier molecular flexibility index (Phi) is 3.81. The van der Waals surface area contributed by atoms with E-state index in [-0.39, 0.29) is 5.75 Å². The number of hydrogen-bond donors (Lipinski definition) is 2. The minimum atomic E-state index is -4.52. The smallest absolute Gasteiger partial charge is 0.404 e. The summed E-state index contributed by atoms with van der Waals surface area (Å²) < 4.78 is 15.1. The molecule has 5 nitrogen and oxygen atoms in total. The van der Waals surface area contributed by atoms with Crippen molar-refractivity contribution in [3.8, 4) is 16.9 Å². The molecule has 0 aliphatic heterocycles. The molecule has 0 amide bonds. The van der Waals surface area contributed by atoms with Crippen molar-refractivity contribution >= 4 is 14.1 Å². The molecule has 98 valence electrons. The second-order valence-electron chi connectivity index (χ2n) is 3.85. The number of benzene rings is 2. The number of aldehydes is 1. The lowest BCUT2D eigenvalue weighted by Gasteiger charge is -2.07. The Morgan fingerprint density at radius 3 is 1.79 bits per heavy atom. The Morgan fingerprint density at radius 2 is 1.37 bits per heavy atom. The molecular formula is C13H11O5P. The van der Waals surface area contributed by atoms with E-state index >= 15 is 0 Å². The van der Waals surface area contributed by atoms with Crippen molar-refractivity contribution in [2.75, 3.05) is 0 Å². The van der Waals surface area contributed by atoms with Gasteiger partial charge in [0.25, 0.3) is 0 Å². The largest absolute Gasteiger partial charge is 0.524 e. The summed E-state index contributed by atoms with van der Waals surface area (Å²) in [5.74, 6) is 0.0987. The molecule has 2 aromatic carbocycles. The highest BCUT2D eigenvalue weighted by molar-refractivity contribution is 7.46. The average molecular weight is 278 g/mol. The van der Waals surface area contributed by atoms with Crippen LogP contribution in [0.2, 0.25) is 0 Å². The first-order valence-corrected chi connectivity index (χ1v) is 6.92. The van der Waals surface area contributed by atoms with Gasteiger partial charge in [0.2, 0.25) is 0 Å². The number of phosphoric ester groups is 1. The van der Waals surface area contributed by atoms with Gasteiger partial charge in [-0.3, -0.25) is 14.6 Å². The molecule has 0 radical (unpaired) electrons. The van der Waals surface area contributed by atoms with E-state index in [2.05, 4.69) is 4.52 Å². The van der Waals surface area contributed by atoms with Crippen LogP contribution in [-0.2, 0) is 4.57 Å². The second kappa shape index (κ2) is 5.36. The molecule has 0 saturated heterocycles. The van der Waals surface area contributed by atoms with Crippen LogP contribution in [0.25, 0.3) is 11.1 Å². The van der Waals surface area contributed by atoms with Crippen LogP contribution < -0.4 is 4.52 Å². The molecule has 0 aromatic heterocycles. The summed E-state index contributed by atoms with van der Waals surface area (Å²) in [6.07, 6.45) is 0.765. The van der Waals surface area contributed by atoms with Gasteiger partial charge in [0, 0.05) is 5.56 Å². The van der Waals surface area contributed by atoms with E-state index in [4.69, 9.17) is 9.79 Å². The molecule has 0 heterocycles. The fraction of sp³-hybridized carbons (Fsp3) is 0. The van der Waals surface area contributed by atoms with Gasteiger partial charge >= 0.3 is 7.82 Å². The summed E-state index contributed by atoms with van der Waals surface area (Å²) in [5.41, 5.74) is 2.34. The lowest BCUT2D eigenvalue weighted by Crippen LogP contribution is -1.89. The van der Waals surface area contributed by atoms with Crippen molar-refractivity contribution in [3.05, 3.63) is 54.1 Å². The lowest BCUT2D eigenvalue weighted by molar-refractivity contribution is 0.112. The zero-order chi connectivity index (χ0) is 13.9. The SMILES string of the molecule is O=Cc1ccc(-c2ccc(OP(=O)(O)O)cc2)cc1. The Morgan fingerprint density at radius 1 is 0.895 bits per heavy atom. The molecular weight excluding hydrogens is 267 g/mol. The van der Waals surface area contributed by atoms with Crippen LogP contribution >= 0.6 is 7.82 Å². The molecule has 2 N–H and O–H groups in total. The van der Waals surface area contributed by atoms with E-state index < -0.39 is 7.82 Å². The topological polar surface area (TPSA) is 83.8 Å². The minimum absolute atomic E-state index is 0.0987. The molecule has 0 unspecified atom stereocenters. The summed E-state index contributed by atoms with van der Waals surface area (Å²) in [4.78, 5) is 27.9. The molecule has 0 atom stereocenters. The van der Waals surface area contributed by atoms with E-state index in [0.717, 1.165) is 17.4 Å². The van der Waals surface area contributed by atoms with E-state index in [1.54, 1.807) is 36.4 Å². The quantitative estimate of drug-likeness (QED) is 0.663. The Bertz CT molecular complexity index is 612. The molecule has 0 aliphatic carbocycles. The van der Waals surface area contributed by atoms with E-state index in [9.17, 15) is 9.36 Å². The van der Waals surface area contributed by atoms with Crippen LogP contribution in [-0.4, -0.2) is 16.1 Å². The Balaban J connectivity index is 2.21. The fourth-order valence-electron chi connectivity index (χ4n) is 1.60. The molecule has 2 aromatic rings. The molecule has 2 rings (SSSR count). The third kappa shape index (κ3) is 3.76. The third-order valence-corrected chi connectivity index (χ3v) is 2.91. The fourth-order valence-corrected chi connectivity index (χ4v) is 2.00. The monoisotopic (exact) mass is 278 g/mol. The first kappa shape index (κ1) is 13.5. The molecule has 6 heteroatoms. The predicted octanol–water partition coefficient (Wildman–Crippen LogP) is 2.64. The van der Waals surface area contributed by atoms with Crippen molar-refractivity contribution in [1.82, 2.24) is 0 Å². The summed E-state index contributed by atoms with van der Waals surface area (Å²) in [6, 6.07) is 13.3. The Labute approximate surface area is 109 Å². The maximum atomic E-state index is 10.7. The highest BCUT2D eigenvalue weighted by Crippen LogP contribution is 2.37. The summed E-state index contributed by atoms with van der Waals surface area (Å²) in [7, 11) is -4.52. The Hall–Kier alpha value is -1.94. The van der Waals surface area contributed by atoms with Crippen LogP contribution in [0.15, 0.2) is 48.5 Å². The van der Waals surface area contributed by atoms with Crippen molar-refractivity contribution in [2.45, 2.75) is 0 Å². The zero-order valence-corrected chi connectivity index (χ0v) is 10.7. The van der Waals surface area contributed by atoms with Crippen LogP contribution in [0.4, 0.5) is 0 Å². The minimum Gasteiger partial charge on any atom is -0.404 e. The number of hydrogen-bond acceptors (Lipinski definition) is 3. The number of phosphoric acid groups is 1. The number of carbonyl (C=O) groups is 1. The first-order chi connectivity index (χ1) is 8.98. The normalized spacial score (nSPS) is 11.1. The first-order valence-electron chi connectivity index (χ1n) is 5.39. The molecule has 0 spiro atoms. The van der Waals surface area contributed by atoms with E-state index in [1.165, 1.54) is 12.1 Å². The maximum absolute atomic E-state index is 10.7.